The molecule has 1 atom stereocenters. The number of methoxy groups -OCH3 is 3. The first-order valence-corrected chi connectivity index (χ1v) is 12.1. The fourth-order valence-electron chi connectivity index (χ4n) is 4.99. The van der Waals surface area contributed by atoms with Crippen LogP contribution in [0.2, 0.25) is 0 Å². The Morgan fingerprint density at radius 1 is 0.919 bits per heavy atom. The van der Waals surface area contributed by atoms with Crippen LogP contribution in [-0.4, -0.2) is 33.3 Å². The predicted molar refractivity (Wildman–Crippen MR) is 139 cm³/mol. The molecule has 0 bridgehead atoms. The van der Waals surface area contributed by atoms with Gasteiger partial charge < -0.3 is 23.7 Å². The van der Waals surface area contributed by atoms with Crippen LogP contribution in [0.25, 0.3) is 21.5 Å². The average molecular weight is 506 g/mol. The zero-order valence-electron chi connectivity index (χ0n) is 22.2. The first-order chi connectivity index (χ1) is 17.6. The van der Waals surface area contributed by atoms with Gasteiger partial charge in [-0.25, -0.2) is 0 Å². The molecular formula is C29H31NO7. The molecule has 1 aliphatic carbocycles. The molecule has 0 spiro atoms. The van der Waals surface area contributed by atoms with E-state index in [9.17, 15) is 14.9 Å². The Morgan fingerprint density at radius 2 is 1.59 bits per heavy atom. The van der Waals surface area contributed by atoms with Crippen LogP contribution in [0.4, 0.5) is 0 Å². The van der Waals surface area contributed by atoms with Gasteiger partial charge in [0, 0.05) is 23.4 Å². The van der Waals surface area contributed by atoms with Gasteiger partial charge in [-0.3, -0.25) is 9.59 Å². The quantitative estimate of drug-likeness (QED) is 0.242. The van der Waals surface area contributed by atoms with Crippen molar-refractivity contribution < 1.29 is 33.3 Å². The lowest BCUT2D eigenvalue weighted by molar-refractivity contribution is -0.143. The molecule has 0 aromatic heterocycles. The molecule has 8 heteroatoms. The summed E-state index contributed by atoms with van der Waals surface area (Å²) in [5, 5.41) is 12.2. The van der Waals surface area contributed by atoms with E-state index in [1.165, 1.54) is 21.1 Å². The third-order valence-corrected chi connectivity index (χ3v) is 6.60. The Labute approximate surface area is 216 Å². The van der Waals surface area contributed by atoms with Crippen LogP contribution in [-0.2, 0) is 16.0 Å². The highest BCUT2D eigenvalue weighted by Gasteiger charge is 2.37. The van der Waals surface area contributed by atoms with Crippen molar-refractivity contribution >= 4 is 33.5 Å². The minimum absolute atomic E-state index is 0.210. The minimum atomic E-state index is -0.797. The summed E-state index contributed by atoms with van der Waals surface area (Å²) in [6, 6.07) is 7.82. The SMILES string of the molecule is COc1cccc2c(OC)c3c(OC(=O)C(C)(C)C)c4c(c(OC(C)=O)c3c(OC)c12)[C@@H](C#N)CCC4. The van der Waals surface area contributed by atoms with Crippen molar-refractivity contribution in [3.63, 3.8) is 0 Å². The van der Waals surface area contributed by atoms with E-state index >= 15 is 0 Å². The summed E-state index contributed by atoms with van der Waals surface area (Å²) >= 11 is 0. The Morgan fingerprint density at radius 3 is 2.16 bits per heavy atom. The van der Waals surface area contributed by atoms with Crippen LogP contribution in [0, 0.1) is 16.7 Å². The van der Waals surface area contributed by atoms with Crippen LogP contribution in [0.5, 0.6) is 28.7 Å². The molecule has 3 aromatic carbocycles. The third-order valence-electron chi connectivity index (χ3n) is 6.60. The molecular weight excluding hydrogens is 474 g/mol. The summed E-state index contributed by atoms with van der Waals surface area (Å²) in [7, 11) is 4.58. The summed E-state index contributed by atoms with van der Waals surface area (Å²) in [5.74, 6) is 0.232. The fourth-order valence-corrected chi connectivity index (χ4v) is 4.99. The number of fused-ring (bicyclic) bond motifs is 3. The Bertz CT molecular complexity index is 1460. The van der Waals surface area contributed by atoms with Crippen LogP contribution >= 0.6 is 0 Å². The van der Waals surface area contributed by atoms with Gasteiger partial charge in [0.2, 0.25) is 0 Å². The van der Waals surface area contributed by atoms with Gasteiger partial charge in [0.1, 0.15) is 28.7 Å². The molecule has 0 amide bonds. The highest BCUT2D eigenvalue weighted by Crippen LogP contribution is 2.57. The van der Waals surface area contributed by atoms with Gasteiger partial charge in [0.25, 0.3) is 0 Å². The van der Waals surface area contributed by atoms with Crippen LogP contribution in [0.15, 0.2) is 18.2 Å². The largest absolute Gasteiger partial charge is 0.496 e. The molecule has 1 aliphatic rings. The first-order valence-electron chi connectivity index (χ1n) is 12.1. The number of rotatable bonds is 5. The maximum Gasteiger partial charge on any atom is 0.316 e. The molecule has 0 fully saturated rings. The number of carbonyl (C=O) groups excluding carboxylic acids is 2. The van der Waals surface area contributed by atoms with E-state index in [1.54, 1.807) is 33.9 Å². The van der Waals surface area contributed by atoms with Crippen LogP contribution in [0.3, 0.4) is 0 Å². The van der Waals surface area contributed by atoms with Gasteiger partial charge in [-0.2, -0.15) is 5.26 Å². The van der Waals surface area contributed by atoms with E-state index in [2.05, 4.69) is 6.07 Å². The Kier molecular flexibility index (Phi) is 6.92. The van der Waals surface area contributed by atoms with Crippen molar-refractivity contribution in [3.8, 4) is 34.8 Å². The van der Waals surface area contributed by atoms with E-state index in [0.717, 1.165) is 0 Å². The highest BCUT2D eigenvalue weighted by molar-refractivity contribution is 6.18. The summed E-state index contributed by atoms with van der Waals surface area (Å²) in [6.45, 7) is 6.62. The van der Waals surface area contributed by atoms with Crippen LogP contribution < -0.4 is 23.7 Å². The number of ether oxygens (including phenoxy) is 5. The zero-order chi connectivity index (χ0) is 27.1. The zero-order valence-corrected chi connectivity index (χ0v) is 22.2. The van der Waals surface area contributed by atoms with E-state index in [1.807, 2.05) is 12.1 Å². The van der Waals surface area contributed by atoms with Gasteiger partial charge in [0.15, 0.2) is 0 Å². The molecule has 0 unspecified atom stereocenters. The van der Waals surface area contributed by atoms with Crippen molar-refractivity contribution in [2.45, 2.75) is 52.9 Å². The molecule has 0 saturated heterocycles. The molecule has 4 rings (SSSR count). The van der Waals surface area contributed by atoms with E-state index < -0.39 is 23.3 Å². The van der Waals surface area contributed by atoms with Crippen LogP contribution in [0.1, 0.15) is 57.6 Å². The van der Waals surface area contributed by atoms with Gasteiger partial charge >= 0.3 is 11.9 Å². The standard InChI is InChI=1S/C29H31NO7/c1-15(31)36-27-20-16(14-30)10-8-11-17(20)25(37-28(32)29(2,3)4)22-23(27)26(35-7)21-18(24(22)34-6)12-9-13-19(21)33-5/h9,12-13,16H,8,10-11H2,1-7H3/t16-/m1/s1. The van der Waals surface area contributed by atoms with Crippen molar-refractivity contribution in [1.82, 2.24) is 0 Å². The number of benzene rings is 3. The molecule has 0 radical (unpaired) electrons. The number of hydrogen-bond acceptors (Lipinski definition) is 8. The van der Waals surface area contributed by atoms with Crippen molar-refractivity contribution in [2.75, 3.05) is 21.3 Å². The number of carbonyl (C=O) groups is 2. The first kappa shape index (κ1) is 26.1. The second kappa shape index (κ2) is 9.81. The average Bonchev–Trinajstić information content (AvgIpc) is 2.87. The smallest absolute Gasteiger partial charge is 0.316 e. The molecule has 0 N–H and O–H groups in total. The lowest BCUT2D eigenvalue weighted by Gasteiger charge is -2.30. The predicted octanol–water partition coefficient (Wildman–Crippen LogP) is 5.84. The molecule has 0 saturated carbocycles. The van der Waals surface area contributed by atoms with Gasteiger partial charge in [-0.1, -0.05) is 12.1 Å². The summed E-state index contributed by atoms with van der Waals surface area (Å²) in [5.41, 5.74) is 0.388. The lowest BCUT2D eigenvalue weighted by Crippen LogP contribution is -2.27. The monoisotopic (exact) mass is 505 g/mol. The molecule has 0 aliphatic heterocycles. The maximum atomic E-state index is 13.2. The second-order valence-electron chi connectivity index (χ2n) is 10.1. The van der Waals surface area contributed by atoms with E-state index in [-0.39, 0.29) is 5.75 Å². The minimum Gasteiger partial charge on any atom is -0.496 e. The van der Waals surface area contributed by atoms with Crippen molar-refractivity contribution in [1.29, 1.82) is 5.26 Å². The lowest BCUT2D eigenvalue weighted by atomic mass is 9.79. The molecule has 3 aromatic rings. The number of hydrogen-bond donors (Lipinski definition) is 0. The molecule has 0 heterocycles. The maximum absolute atomic E-state index is 13.2. The summed E-state index contributed by atoms with van der Waals surface area (Å²) in [4.78, 5) is 25.6. The Hall–Kier alpha value is -3.99. The van der Waals surface area contributed by atoms with E-state index in [4.69, 9.17) is 23.7 Å². The number of nitrogens with zero attached hydrogens (tertiary/aromatic N) is 1. The number of nitriles is 1. The van der Waals surface area contributed by atoms with Crippen molar-refractivity contribution in [2.24, 2.45) is 5.41 Å². The highest BCUT2D eigenvalue weighted by atomic mass is 16.5. The van der Waals surface area contributed by atoms with Crippen molar-refractivity contribution in [3.05, 3.63) is 29.3 Å². The van der Waals surface area contributed by atoms with Gasteiger partial charge in [0.05, 0.1) is 54.9 Å². The topological polar surface area (TPSA) is 104 Å². The second-order valence-corrected chi connectivity index (χ2v) is 10.1. The molecule has 8 nitrogen and oxygen atoms in total. The summed E-state index contributed by atoms with van der Waals surface area (Å²) < 4.78 is 29.5. The normalized spacial score (nSPS) is 15.0. The summed E-state index contributed by atoms with van der Waals surface area (Å²) in [6.07, 6.45) is 1.82. The molecule has 37 heavy (non-hydrogen) atoms. The number of esters is 2. The van der Waals surface area contributed by atoms with Gasteiger partial charge in [-0.05, 0) is 46.1 Å². The third kappa shape index (κ3) is 4.29. The van der Waals surface area contributed by atoms with Gasteiger partial charge in [-0.15, -0.1) is 0 Å². The Balaban J connectivity index is 2.35. The molecule has 194 valence electrons. The van der Waals surface area contributed by atoms with E-state index in [0.29, 0.717) is 74.9 Å². The fraction of sp³-hybridized carbons (Fsp3) is 0.414.